The topological polar surface area (TPSA) is 21.3 Å². The summed E-state index contributed by atoms with van der Waals surface area (Å²) in [4.78, 5) is 0. The lowest BCUT2D eigenvalue weighted by atomic mass is 9.86. The van der Waals surface area contributed by atoms with Crippen LogP contribution < -0.4 is 5.32 Å². The molecule has 2 saturated heterocycles. The molecule has 0 aromatic heterocycles. The van der Waals surface area contributed by atoms with Crippen LogP contribution in [0.3, 0.4) is 0 Å². The number of benzene rings is 1. The van der Waals surface area contributed by atoms with E-state index in [4.69, 9.17) is 16.3 Å². The van der Waals surface area contributed by atoms with Crippen LogP contribution in [-0.4, -0.2) is 24.8 Å². The van der Waals surface area contributed by atoms with Gasteiger partial charge in [0.15, 0.2) is 0 Å². The number of fused-ring (bicyclic) bond motifs is 1. The molecule has 0 saturated carbocycles. The Balaban J connectivity index is 1.70. The third kappa shape index (κ3) is 2.56. The van der Waals surface area contributed by atoms with Crippen LogP contribution in [0, 0.1) is 5.92 Å². The van der Waals surface area contributed by atoms with Gasteiger partial charge in [-0.15, -0.1) is 0 Å². The highest BCUT2D eigenvalue weighted by Crippen LogP contribution is 2.39. The number of ether oxygens (including phenoxy) is 1. The van der Waals surface area contributed by atoms with Crippen molar-refractivity contribution >= 4 is 11.6 Å². The van der Waals surface area contributed by atoms with Crippen LogP contribution >= 0.6 is 11.6 Å². The van der Waals surface area contributed by atoms with E-state index in [1.54, 1.807) is 0 Å². The SMILES string of the molecule is C[C@]1(Cc2ccc(Cl)cc2)C[C@@H]2CNCC[C@@H]2O1. The van der Waals surface area contributed by atoms with E-state index in [1.165, 1.54) is 5.56 Å². The van der Waals surface area contributed by atoms with Crippen molar-refractivity contribution < 1.29 is 4.74 Å². The fourth-order valence-corrected chi connectivity index (χ4v) is 3.50. The number of nitrogens with one attached hydrogen (secondary N) is 1. The van der Waals surface area contributed by atoms with E-state index in [1.807, 2.05) is 12.1 Å². The summed E-state index contributed by atoms with van der Waals surface area (Å²) in [5.41, 5.74) is 1.31. The summed E-state index contributed by atoms with van der Waals surface area (Å²) < 4.78 is 6.31. The molecule has 1 N–H and O–H groups in total. The molecule has 0 aliphatic carbocycles. The van der Waals surface area contributed by atoms with Gasteiger partial charge in [-0.25, -0.2) is 0 Å². The van der Waals surface area contributed by atoms with E-state index in [9.17, 15) is 0 Å². The van der Waals surface area contributed by atoms with Gasteiger partial charge >= 0.3 is 0 Å². The molecule has 0 radical (unpaired) electrons. The Morgan fingerprint density at radius 3 is 2.89 bits per heavy atom. The smallest absolute Gasteiger partial charge is 0.0702 e. The van der Waals surface area contributed by atoms with Crippen molar-refractivity contribution in [1.29, 1.82) is 0 Å². The van der Waals surface area contributed by atoms with Crippen molar-refractivity contribution in [1.82, 2.24) is 5.32 Å². The highest BCUT2D eigenvalue weighted by Gasteiger charge is 2.43. The van der Waals surface area contributed by atoms with Gasteiger partial charge in [-0.05, 0) is 44.0 Å². The largest absolute Gasteiger partial charge is 0.371 e. The normalized spacial score (nSPS) is 35.4. The lowest BCUT2D eigenvalue weighted by Gasteiger charge is -2.26. The predicted octanol–water partition coefficient (Wildman–Crippen LogP) is 3.04. The molecule has 3 rings (SSSR count). The van der Waals surface area contributed by atoms with E-state index in [0.29, 0.717) is 12.0 Å². The van der Waals surface area contributed by atoms with E-state index in [2.05, 4.69) is 24.4 Å². The maximum Gasteiger partial charge on any atom is 0.0702 e. The van der Waals surface area contributed by atoms with Gasteiger partial charge in [0, 0.05) is 23.9 Å². The average molecular weight is 266 g/mol. The molecule has 1 aromatic rings. The molecule has 0 spiro atoms. The number of piperidine rings is 1. The fourth-order valence-electron chi connectivity index (χ4n) is 3.37. The Bertz CT molecular complexity index is 403. The van der Waals surface area contributed by atoms with Crippen LogP contribution in [0.2, 0.25) is 5.02 Å². The Kier molecular flexibility index (Phi) is 3.35. The van der Waals surface area contributed by atoms with E-state index >= 15 is 0 Å². The van der Waals surface area contributed by atoms with Gasteiger partial charge in [0.05, 0.1) is 11.7 Å². The number of halogens is 1. The summed E-state index contributed by atoms with van der Waals surface area (Å²) >= 11 is 5.92. The molecule has 0 bridgehead atoms. The predicted molar refractivity (Wildman–Crippen MR) is 74.0 cm³/mol. The molecule has 3 heteroatoms. The Hall–Kier alpha value is -0.570. The van der Waals surface area contributed by atoms with Crippen LogP contribution in [0.15, 0.2) is 24.3 Å². The zero-order valence-electron chi connectivity index (χ0n) is 10.8. The highest BCUT2D eigenvalue weighted by molar-refractivity contribution is 6.30. The number of rotatable bonds is 2. The first kappa shape index (κ1) is 12.5. The first-order chi connectivity index (χ1) is 8.65. The second-order valence-electron chi connectivity index (χ2n) is 5.87. The standard InChI is InChI=1S/C15H20ClNO/c1-15(8-11-2-4-13(16)5-3-11)9-12-10-17-7-6-14(12)18-15/h2-5,12,14,17H,6-10H2,1H3/t12-,14+,15+/m1/s1. The van der Waals surface area contributed by atoms with Crippen molar-refractivity contribution in [2.24, 2.45) is 5.92 Å². The molecule has 2 aliphatic heterocycles. The Morgan fingerprint density at radius 1 is 1.39 bits per heavy atom. The van der Waals surface area contributed by atoms with Crippen molar-refractivity contribution in [3.63, 3.8) is 0 Å². The number of hydrogen-bond acceptors (Lipinski definition) is 2. The summed E-state index contributed by atoms with van der Waals surface area (Å²) in [6.45, 7) is 4.46. The molecule has 2 heterocycles. The minimum Gasteiger partial charge on any atom is -0.371 e. The van der Waals surface area contributed by atoms with E-state index in [0.717, 1.165) is 37.4 Å². The second kappa shape index (κ2) is 4.84. The maximum absolute atomic E-state index is 6.31. The van der Waals surface area contributed by atoms with Crippen LogP contribution in [0.1, 0.15) is 25.3 Å². The molecule has 0 amide bonds. The van der Waals surface area contributed by atoms with Gasteiger partial charge in [0.2, 0.25) is 0 Å². The average Bonchev–Trinajstić information content (AvgIpc) is 2.68. The van der Waals surface area contributed by atoms with Crippen LogP contribution in [-0.2, 0) is 11.2 Å². The van der Waals surface area contributed by atoms with Gasteiger partial charge < -0.3 is 10.1 Å². The highest BCUT2D eigenvalue weighted by atomic mass is 35.5. The summed E-state index contributed by atoms with van der Waals surface area (Å²) in [5.74, 6) is 0.691. The number of hydrogen-bond donors (Lipinski definition) is 1. The lowest BCUT2D eigenvalue weighted by molar-refractivity contribution is -0.0389. The molecule has 2 fully saturated rings. The Labute approximate surface area is 114 Å². The lowest BCUT2D eigenvalue weighted by Crippen LogP contribution is -2.37. The third-order valence-electron chi connectivity index (χ3n) is 4.16. The van der Waals surface area contributed by atoms with E-state index < -0.39 is 0 Å². The molecule has 98 valence electrons. The Morgan fingerprint density at radius 2 is 2.17 bits per heavy atom. The quantitative estimate of drug-likeness (QED) is 0.888. The zero-order chi connectivity index (χ0) is 12.6. The molecule has 2 nitrogen and oxygen atoms in total. The summed E-state index contributed by atoms with van der Waals surface area (Å²) in [6.07, 6.45) is 3.76. The van der Waals surface area contributed by atoms with Crippen molar-refractivity contribution in [2.45, 2.75) is 37.9 Å². The molecular formula is C15H20ClNO. The van der Waals surface area contributed by atoms with Crippen LogP contribution in [0.5, 0.6) is 0 Å². The molecular weight excluding hydrogens is 246 g/mol. The maximum atomic E-state index is 6.31. The monoisotopic (exact) mass is 265 g/mol. The van der Waals surface area contributed by atoms with Crippen molar-refractivity contribution in [2.75, 3.05) is 13.1 Å². The minimum absolute atomic E-state index is 0.00478. The van der Waals surface area contributed by atoms with Gasteiger partial charge in [0.1, 0.15) is 0 Å². The van der Waals surface area contributed by atoms with Gasteiger partial charge in [-0.2, -0.15) is 0 Å². The van der Waals surface area contributed by atoms with Gasteiger partial charge in [0.25, 0.3) is 0 Å². The van der Waals surface area contributed by atoms with Gasteiger partial charge in [-0.1, -0.05) is 23.7 Å². The van der Waals surface area contributed by atoms with E-state index in [-0.39, 0.29) is 5.60 Å². The van der Waals surface area contributed by atoms with Crippen molar-refractivity contribution in [3.8, 4) is 0 Å². The molecule has 3 atom stereocenters. The molecule has 2 aliphatic rings. The summed E-state index contributed by atoms with van der Waals surface area (Å²) in [7, 11) is 0. The fraction of sp³-hybridized carbons (Fsp3) is 0.600. The van der Waals surface area contributed by atoms with Crippen LogP contribution in [0.25, 0.3) is 0 Å². The van der Waals surface area contributed by atoms with Crippen molar-refractivity contribution in [3.05, 3.63) is 34.9 Å². The second-order valence-corrected chi connectivity index (χ2v) is 6.30. The first-order valence-corrected chi connectivity index (χ1v) is 7.15. The molecule has 18 heavy (non-hydrogen) atoms. The molecule has 1 aromatic carbocycles. The van der Waals surface area contributed by atoms with Crippen LogP contribution in [0.4, 0.5) is 0 Å². The van der Waals surface area contributed by atoms with Gasteiger partial charge in [-0.3, -0.25) is 0 Å². The summed E-state index contributed by atoms with van der Waals surface area (Å²) in [6, 6.07) is 8.14. The molecule has 0 unspecified atom stereocenters. The minimum atomic E-state index is -0.00478. The third-order valence-corrected chi connectivity index (χ3v) is 4.41. The summed E-state index contributed by atoms with van der Waals surface area (Å²) in [5, 5.41) is 4.27. The zero-order valence-corrected chi connectivity index (χ0v) is 11.5. The first-order valence-electron chi connectivity index (χ1n) is 6.78.